The van der Waals surface area contributed by atoms with Gasteiger partial charge in [-0.2, -0.15) is 0 Å². The number of amides is 1. The molecule has 0 bridgehead atoms. The lowest BCUT2D eigenvalue weighted by molar-refractivity contribution is -0.114. The molecule has 3 rings (SSSR count). The summed E-state index contributed by atoms with van der Waals surface area (Å²) in [6.45, 7) is -0.124. The van der Waals surface area contributed by atoms with Crippen molar-refractivity contribution in [3.63, 3.8) is 0 Å². The zero-order valence-corrected chi connectivity index (χ0v) is 19.1. The minimum Gasteiger partial charge on any atom is -0.465 e. The number of carbonyl (C=O) groups is 2. The van der Waals surface area contributed by atoms with Gasteiger partial charge in [-0.3, -0.25) is 19.1 Å². The van der Waals surface area contributed by atoms with Crippen LogP contribution in [-0.4, -0.2) is 46.8 Å². The van der Waals surface area contributed by atoms with Crippen molar-refractivity contribution in [2.24, 2.45) is 0 Å². The van der Waals surface area contributed by atoms with Crippen LogP contribution in [0.1, 0.15) is 27.9 Å². The largest absolute Gasteiger partial charge is 0.465 e. The molecule has 4 N–H and O–H groups in total. The number of carbonyl (C=O) groups excluding carboxylic acids is 2. The Morgan fingerprint density at radius 3 is 2.43 bits per heavy atom. The quantitative estimate of drug-likeness (QED) is 0.311. The van der Waals surface area contributed by atoms with Crippen LogP contribution in [0.25, 0.3) is 6.08 Å². The maximum absolute atomic E-state index is 13.1. The van der Waals surface area contributed by atoms with Crippen molar-refractivity contribution >= 4 is 29.5 Å². The van der Waals surface area contributed by atoms with Crippen molar-refractivity contribution in [3.8, 4) is 0 Å². The van der Waals surface area contributed by atoms with Crippen molar-refractivity contribution in [3.05, 3.63) is 98.2 Å². The summed E-state index contributed by atoms with van der Waals surface area (Å²) in [5, 5.41) is 9.31. The zero-order chi connectivity index (χ0) is 25.4. The summed E-state index contributed by atoms with van der Waals surface area (Å²) < 4.78 is 5.84. The molecule has 10 nitrogen and oxygen atoms in total. The molecule has 1 amide bonds. The van der Waals surface area contributed by atoms with Gasteiger partial charge >= 0.3 is 11.7 Å². The molecule has 1 heterocycles. The van der Waals surface area contributed by atoms with Crippen LogP contribution in [0.3, 0.4) is 0 Å². The van der Waals surface area contributed by atoms with Gasteiger partial charge in [0.05, 0.1) is 19.2 Å². The summed E-state index contributed by atoms with van der Waals surface area (Å²) in [5.41, 5.74) is 6.32. The molecule has 35 heavy (non-hydrogen) atoms. The molecule has 0 radical (unpaired) electrons. The first-order valence-corrected chi connectivity index (χ1v) is 10.8. The molecule has 0 aliphatic heterocycles. The topological polar surface area (TPSA) is 148 Å². The van der Waals surface area contributed by atoms with Gasteiger partial charge in [0.15, 0.2) is 5.69 Å². The molecule has 0 spiro atoms. The predicted molar refractivity (Wildman–Crippen MR) is 132 cm³/mol. The average molecular weight is 479 g/mol. The van der Waals surface area contributed by atoms with Crippen molar-refractivity contribution in [1.29, 1.82) is 0 Å². The molecule has 0 aliphatic rings. The summed E-state index contributed by atoms with van der Waals surface area (Å²) in [7, 11) is 1.28. The third kappa shape index (κ3) is 6.12. The van der Waals surface area contributed by atoms with Gasteiger partial charge in [-0.1, -0.05) is 42.5 Å². The van der Waals surface area contributed by atoms with E-state index in [2.05, 4.69) is 9.72 Å². The van der Waals surface area contributed by atoms with E-state index in [9.17, 15) is 24.3 Å². The lowest BCUT2D eigenvalue weighted by Gasteiger charge is -2.23. The van der Waals surface area contributed by atoms with Gasteiger partial charge in [-0.05, 0) is 35.8 Å². The van der Waals surface area contributed by atoms with Crippen molar-refractivity contribution in [2.75, 3.05) is 30.9 Å². The van der Waals surface area contributed by atoms with E-state index in [0.29, 0.717) is 11.1 Å². The second-order valence-electron chi connectivity index (χ2n) is 7.58. The predicted octanol–water partition coefficient (Wildman–Crippen LogP) is 1.38. The number of nitrogens with one attached hydrogen (secondary N) is 1. The summed E-state index contributed by atoms with van der Waals surface area (Å²) in [4.78, 5) is 53.2. The highest BCUT2D eigenvalue weighted by Crippen LogP contribution is 2.19. The van der Waals surface area contributed by atoms with Gasteiger partial charge in [0, 0.05) is 19.2 Å². The fourth-order valence-corrected chi connectivity index (χ4v) is 3.43. The van der Waals surface area contributed by atoms with Gasteiger partial charge in [0.1, 0.15) is 5.82 Å². The summed E-state index contributed by atoms with van der Waals surface area (Å²) in [6.07, 6.45) is 2.94. The van der Waals surface area contributed by atoms with Gasteiger partial charge in [0.25, 0.3) is 11.5 Å². The number of hydrogen-bond donors (Lipinski definition) is 3. The van der Waals surface area contributed by atoms with E-state index in [-0.39, 0.29) is 37.6 Å². The highest BCUT2D eigenvalue weighted by molar-refractivity contribution is 6.05. The maximum Gasteiger partial charge on any atom is 0.337 e. The lowest BCUT2D eigenvalue weighted by Crippen LogP contribution is -2.41. The Kier molecular flexibility index (Phi) is 8.36. The Morgan fingerprint density at radius 1 is 1.11 bits per heavy atom. The molecule has 2 aromatic carbocycles. The van der Waals surface area contributed by atoms with Crippen LogP contribution in [0.2, 0.25) is 0 Å². The van der Waals surface area contributed by atoms with Crippen molar-refractivity contribution in [2.45, 2.75) is 13.0 Å². The molecule has 3 aromatic rings. The third-order valence-electron chi connectivity index (χ3n) is 5.22. The normalized spacial score (nSPS) is 10.9. The van der Waals surface area contributed by atoms with E-state index in [1.807, 2.05) is 18.2 Å². The Bertz CT molecular complexity index is 1330. The number of hydrogen-bond acceptors (Lipinski definition) is 7. The number of esters is 1. The number of H-pyrrole nitrogens is 1. The summed E-state index contributed by atoms with van der Waals surface area (Å²) in [6, 6.07) is 15.4. The van der Waals surface area contributed by atoms with E-state index in [1.165, 1.54) is 23.8 Å². The Morgan fingerprint density at radius 2 is 1.80 bits per heavy atom. The number of aromatic nitrogens is 2. The first-order valence-electron chi connectivity index (χ1n) is 10.8. The fraction of sp³-hybridized carbons (Fsp3) is 0.200. The molecular weight excluding hydrogens is 452 g/mol. The number of nitrogens with two attached hydrogens (primary N) is 1. The standard InChI is InChI=1S/C25H26N4O6/c1-35-24(33)19-11-8-17(9-12-19)10-13-20(31)28(14-5-15-30)21-22(26)29(25(34)27-23(21)32)16-18-6-3-2-4-7-18/h2-4,6-13,30H,5,14-16,26H2,1H3,(H,27,32,34). The van der Waals surface area contributed by atoms with Crippen LogP contribution in [0.15, 0.2) is 70.3 Å². The van der Waals surface area contributed by atoms with E-state index in [4.69, 9.17) is 5.73 Å². The second-order valence-corrected chi connectivity index (χ2v) is 7.58. The third-order valence-corrected chi connectivity index (χ3v) is 5.22. The SMILES string of the molecule is COC(=O)c1ccc(C=CC(=O)N(CCCO)c2c(N)n(Cc3ccccc3)c(=O)[nH]c2=O)cc1. The molecule has 10 heteroatoms. The van der Waals surface area contributed by atoms with E-state index in [1.54, 1.807) is 36.4 Å². The highest BCUT2D eigenvalue weighted by Gasteiger charge is 2.23. The Labute approximate surface area is 200 Å². The molecule has 182 valence electrons. The molecule has 0 saturated carbocycles. The fourth-order valence-electron chi connectivity index (χ4n) is 3.43. The Balaban J connectivity index is 1.95. The number of rotatable bonds is 9. The molecule has 1 aromatic heterocycles. The smallest absolute Gasteiger partial charge is 0.337 e. The molecular formula is C25H26N4O6. The monoisotopic (exact) mass is 478 g/mol. The maximum atomic E-state index is 13.1. The minimum atomic E-state index is -0.807. The molecule has 0 saturated heterocycles. The molecule has 0 aliphatic carbocycles. The number of ether oxygens (including phenoxy) is 1. The van der Waals surface area contributed by atoms with E-state index < -0.39 is 23.1 Å². The van der Waals surface area contributed by atoms with Crippen LogP contribution in [-0.2, 0) is 16.1 Å². The van der Waals surface area contributed by atoms with Gasteiger partial charge < -0.3 is 20.5 Å². The zero-order valence-electron chi connectivity index (χ0n) is 19.1. The average Bonchev–Trinajstić information content (AvgIpc) is 2.87. The first kappa shape index (κ1) is 25.2. The van der Waals surface area contributed by atoms with Gasteiger partial charge in [0.2, 0.25) is 0 Å². The van der Waals surface area contributed by atoms with Crippen LogP contribution in [0.5, 0.6) is 0 Å². The summed E-state index contributed by atoms with van der Waals surface area (Å²) in [5.74, 6) is -1.21. The minimum absolute atomic E-state index is 0.00221. The highest BCUT2D eigenvalue weighted by atomic mass is 16.5. The van der Waals surface area contributed by atoms with Gasteiger partial charge in [-0.25, -0.2) is 9.59 Å². The van der Waals surface area contributed by atoms with Crippen molar-refractivity contribution in [1.82, 2.24) is 9.55 Å². The molecule has 0 unspecified atom stereocenters. The second kappa shape index (κ2) is 11.6. The number of nitrogen functional groups attached to an aromatic ring is 1. The molecule has 0 fully saturated rings. The van der Waals surface area contributed by atoms with Crippen LogP contribution in [0, 0.1) is 0 Å². The number of benzene rings is 2. The van der Waals surface area contributed by atoms with Crippen LogP contribution in [0.4, 0.5) is 11.5 Å². The van der Waals surface area contributed by atoms with E-state index in [0.717, 1.165) is 10.5 Å². The lowest BCUT2D eigenvalue weighted by atomic mass is 10.1. The number of nitrogens with zero attached hydrogens (tertiary/aromatic N) is 2. The number of aliphatic hydroxyl groups is 1. The first-order chi connectivity index (χ1) is 16.8. The Hall–Kier alpha value is -4.44. The van der Waals surface area contributed by atoms with E-state index >= 15 is 0 Å². The number of aliphatic hydroxyl groups excluding tert-OH is 1. The number of aromatic amines is 1. The summed E-state index contributed by atoms with van der Waals surface area (Å²) >= 11 is 0. The van der Waals surface area contributed by atoms with Crippen LogP contribution >= 0.6 is 0 Å². The molecule has 0 atom stereocenters. The van der Waals surface area contributed by atoms with Gasteiger partial charge in [-0.15, -0.1) is 0 Å². The number of methoxy groups -OCH3 is 1. The van der Waals surface area contributed by atoms with Crippen molar-refractivity contribution < 1.29 is 19.4 Å². The van der Waals surface area contributed by atoms with Crippen LogP contribution < -0.4 is 21.9 Å². The number of anilines is 2.